The topological polar surface area (TPSA) is 36.3 Å². The molecule has 1 aliphatic rings. The van der Waals surface area contributed by atoms with Crippen molar-refractivity contribution >= 4 is 34.6 Å². The molecule has 0 saturated carbocycles. The number of nitrogens with one attached hydrogen (secondary N) is 1. The molecule has 5 nitrogen and oxygen atoms in total. The Morgan fingerprint density at radius 2 is 1.77 bits per heavy atom. The number of nitrogens with zero attached hydrogens (tertiary/aromatic N) is 4. The van der Waals surface area contributed by atoms with Gasteiger partial charge < -0.3 is 10.2 Å². The van der Waals surface area contributed by atoms with Crippen LogP contribution in [0.5, 0.6) is 0 Å². The molecule has 2 aromatic carbocycles. The number of benzene rings is 2. The maximum Gasteiger partial charge on any atom is 0.173 e. The summed E-state index contributed by atoms with van der Waals surface area (Å²) in [5.41, 5.74) is 3.01. The lowest BCUT2D eigenvalue weighted by Crippen LogP contribution is -2.49. The van der Waals surface area contributed by atoms with Crippen molar-refractivity contribution in [2.45, 2.75) is 13.1 Å². The second-order valence-corrected chi connectivity index (χ2v) is 8.13. The van der Waals surface area contributed by atoms with Crippen molar-refractivity contribution in [3.8, 4) is 0 Å². The average molecular weight is 444 g/mol. The van der Waals surface area contributed by atoms with Gasteiger partial charge in [-0.3, -0.25) is 9.58 Å². The summed E-state index contributed by atoms with van der Waals surface area (Å²) in [5, 5.41) is 9.12. The molecule has 3 aromatic rings. The third kappa shape index (κ3) is 5.36. The van der Waals surface area contributed by atoms with E-state index in [1.807, 2.05) is 47.3 Å². The molecular weight excluding hydrogens is 421 g/mol. The highest BCUT2D eigenvalue weighted by Crippen LogP contribution is 2.17. The van der Waals surface area contributed by atoms with Crippen molar-refractivity contribution in [2.75, 3.05) is 31.5 Å². The van der Waals surface area contributed by atoms with E-state index < -0.39 is 0 Å². The summed E-state index contributed by atoms with van der Waals surface area (Å²) in [7, 11) is 0. The van der Waals surface area contributed by atoms with E-state index in [0.29, 0.717) is 11.7 Å². The number of thiocarbonyl (C=S) groups is 1. The molecule has 0 spiro atoms. The molecule has 0 unspecified atom stereocenters. The van der Waals surface area contributed by atoms with Gasteiger partial charge in [0.05, 0.1) is 18.4 Å². The summed E-state index contributed by atoms with van der Waals surface area (Å²) in [5.74, 6) is -0.199. The molecule has 156 valence electrons. The van der Waals surface area contributed by atoms with Gasteiger partial charge in [-0.2, -0.15) is 5.10 Å². The molecule has 1 aliphatic heterocycles. The number of halogens is 2. The fraction of sp³-hybridized carbons (Fsp3) is 0.273. The molecule has 2 heterocycles. The third-order valence-electron chi connectivity index (χ3n) is 5.15. The summed E-state index contributed by atoms with van der Waals surface area (Å²) in [6, 6.07) is 14.5. The molecule has 0 atom stereocenters. The van der Waals surface area contributed by atoms with Crippen LogP contribution in [-0.2, 0) is 13.1 Å². The van der Waals surface area contributed by atoms with Gasteiger partial charge >= 0.3 is 0 Å². The number of rotatable bonds is 5. The predicted molar refractivity (Wildman–Crippen MR) is 122 cm³/mol. The van der Waals surface area contributed by atoms with Crippen molar-refractivity contribution in [2.24, 2.45) is 0 Å². The molecule has 1 saturated heterocycles. The lowest BCUT2D eigenvalue weighted by molar-refractivity contribution is 0.177. The zero-order chi connectivity index (χ0) is 20.9. The Kier molecular flexibility index (Phi) is 6.62. The van der Waals surface area contributed by atoms with Gasteiger partial charge in [0.2, 0.25) is 0 Å². The maximum absolute atomic E-state index is 13.1. The minimum Gasteiger partial charge on any atom is -0.346 e. The standard InChI is InChI=1S/C22H23ClFN5S/c23-21-4-2-1-3-18(21)15-29-16-20(13-25-29)26-22(30)28-11-9-27(10-12-28)14-17-5-7-19(24)8-6-17/h1-8,13,16H,9-12,14-15H2,(H,26,30). The quantitative estimate of drug-likeness (QED) is 0.597. The van der Waals surface area contributed by atoms with Gasteiger partial charge in [0.25, 0.3) is 0 Å². The van der Waals surface area contributed by atoms with E-state index in [1.165, 1.54) is 12.1 Å². The summed E-state index contributed by atoms with van der Waals surface area (Å²) < 4.78 is 14.9. The highest BCUT2D eigenvalue weighted by atomic mass is 35.5. The van der Waals surface area contributed by atoms with Gasteiger partial charge in [0.1, 0.15) is 5.82 Å². The Hall–Kier alpha value is -2.48. The van der Waals surface area contributed by atoms with Crippen molar-refractivity contribution in [3.63, 3.8) is 0 Å². The molecule has 30 heavy (non-hydrogen) atoms. The molecule has 1 fully saturated rings. The van der Waals surface area contributed by atoms with Gasteiger partial charge in [0, 0.05) is 43.9 Å². The number of hydrogen-bond acceptors (Lipinski definition) is 3. The van der Waals surface area contributed by atoms with E-state index in [-0.39, 0.29) is 5.82 Å². The van der Waals surface area contributed by atoms with Crippen LogP contribution in [0.3, 0.4) is 0 Å². The van der Waals surface area contributed by atoms with Crippen LogP contribution in [0.2, 0.25) is 5.02 Å². The molecule has 0 bridgehead atoms. The van der Waals surface area contributed by atoms with E-state index in [1.54, 1.807) is 6.20 Å². The van der Waals surface area contributed by atoms with Gasteiger partial charge in [-0.1, -0.05) is 41.9 Å². The van der Waals surface area contributed by atoms with E-state index in [2.05, 4.69) is 20.2 Å². The molecule has 4 rings (SSSR count). The van der Waals surface area contributed by atoms with Crippen molar-refractivity contribution in [1.82, 2.24) is 19.6 Å². The highest BCUT2D eigenvalue weighted by Gasteiger charge is 2.19. The van der Waals surface area contributed by atoms with Crippen LogP contribution in [-0.4, -0.2) is 50.9 Å². The summed E-state index contributed by atoms with van der Waals surface area (Å²) in [6.07, 6.45) is 3.70. The SMILES string of the molecule is Fc1ccc(CN2CCN(C(=S)Nc3cnn(Cc4ccccc4Cl)c3)CC2)cc1. The second kappa shape index (κ2) is 9.55. The number of piperazine rings is 1. The van der Waals surface area contributed by atoms with E-state index in [9.17, 15) is 4.39 Å². The molecule has 1 aromatic heterocycles. The van der Waals surface area contributed by atoms with Crippen LogP contribution in [0.15, 0.2) is 60.9 Å². The van der Waals surface area contributed by atoms with Crippen molar-refractivity contribution in [3.05, 3.63) is 82.9 Å². The van der Waals surface area contributed by atoms with Gasteiger partial charge in [-0.15, -0.1) is 0 Å². The summed E-state index contributed by atoms with van der Waals surface area (Å²) >= 11 is 11.8. The lowest BCUT2D eigenvalue weighted by Gasteiger charge is -2.36. The number of aromatic nitrogens is 2. The first kappa shape index (κ1) is 20.8. The van der Waals surface area contributed by atoms with Gasteiger partial charge in [-0.25, -0.2) is 4.39 Å². The van der Waals surface area contributed by atoms with Crippen LogP contribution < -0.4 is 5.32 Å². The smallest absolute Gasteiger partial charge is 0.173 e. The van der Waals surface area contributed by atoms with Crippen LogP contribution in [0.1, 0.15) is 11.1 Å². The molecule has 0 aliphatic carbocycles. The Morgan fingerprint density at radius 3 is 2.50 bits per heavy atom. The monoisotopic (exact) mass is 443 g/mol. The second-order valence-electron chi connectivity index (χ2n) is 7.34. The molecule has 8 heteroatoms. The first-order valence-corrected chi connectivity index (χ1v) is 10.6. The van der Waals surface area contributed by atoms with Crippen LogP contribution in [0, 0.1) is 5.82 Å². The average Bonchev–Trinajstić information content (AvgIpc) is 3.19. The first-order valence-electron chi connectivity index (χ1n) is 9.85. The largest absolute Gasteiger partial charge is 0.346 e. The lowest BCUT2D eigenvalue weighted by atomic mass is 10.2. The van der Waals surface area contributed by atoms with E-state index in [4.69, 9.17) is 23.8 Å². The predicted octanol–water partition coefficient (Wildman–Crippen LogP) is 4.24. The fourth-order valence-corrected chi connectivity index (χ4v) is 3.97. The highest BCUT2D eigenvalue weighted by molar-refractivity contribution is 7.80. The molecule has 0 radical (unpaired) electrons. The Balaban J connectivity index is 1.26. The van der Waals surface area contributed by atoms with Crippen LogP contribution >= 0.6 is 23.8 Å². The van der Waals surface area contributed by atoms with Crippen LogP contribution in [0.25, 0.3) is 0 Å². The maximum atomic E-state index is 13.1. The van der Waals surface area contributed by atoms with Crippen LogP contribution in [0.4, 0.5) is 10.1 Å². The summed E-state index contributed by atoms with van der Waals surface area (Å²) in [6.45, 7) is 4.94. The first-order chi connectivity index (χ1) is 14.6. The molecular formula is C22H23ClFN5S. The number of anilines is 1. The zero-order valence-electron chi connectivity index (χ0n) is 16.5. The Bertz CT molecular complexity index is 999. The molecule has 0 amide bonds. The minimum atomic E-state index is -0.199. The third-order valence-corrected chi connectivity index (χ3v) is 5.88. The zero-order valence-corrected chi connectivity index (χ0v) is 18.0. The minimum absolute atomic E-state index is 0.199. The normalized spacial score (nSPS) is 14.7. The van der Waals surface area contributed by atoms with E-state index >= 15 is 0 Å². The molecule has 1 N–H and O–H groups in total. The summed E-state index contributed by atoms with van der Waals surface area (Å²) in [4.78, 5) is 4.52. The number of hydrogen-bond donors (Lipinski definition) is 1. The van der Waals surface area contributed by atoms with Crippen molar-refractivity contribution in [1.29, 1.82) is 0 Å². The Labute approximate surface area is 186 Å². The van der Waals surface area contributed by atoms with Gasteiger partial charge in [0.15, 0.2) is 5.11 Å². The fourth-order valence-electron chi connectivity index (χ4n) is 3.48. The van der Waals surface area contributed by atoms with Gasteiger partial charge in [-0.05, 0) is 41.5 Å². The van der Waals surface area contributed by atoms with E-state index in [0.717, 1.165) is 54.6 Å². The Morgan fingerprint density at radius 1 is 1.03 bits per heavy atom. The van der Waals surface area contributed by atoms with Crippen molar-refractivity contribution < 1.29 is 4.39 Å².